The van der Waals surface area contributed by atoms with Gasteiger partial charge in [0.1, 0.15) is 0 Å². The van der Waals surface area contributed by atoms with Crippen molar-refractivity contribution < 1.29 is 4.74 Å². The second kappa shape index (κ2) is 8.06. The van der Waals surface area contributed by atoms with E-state index in [0.717, 1.165) is 26.1 Å². The largest absolute Gasteiger partial charge is 0.377 e. The zero-order chi connectivity index (χ0) is 12.7. The van der Waals surface area contributed by atoms with Crippen LogP contribution in [-0.4, -0.2) is 50.3 Å². The summed E-state index contributed by atoms with van der Waals surface area (Å²) in [7, 11) is 2.05. The van der Waals surface area contributed by atoms with Gasteiger partial charge in [-0.05, 0) is 38.8 Å². The van der Waals surface area contributed by atoms with Crippen molar-refractivity contribution in [3.63, 3.8) is 0 Å². The van der Waals surface area contributed by atoms with Gasteiger partial charge in [-0.3, -0.25) is 4.90 Å². The average Bonchev–Trinajstić information content (AvgIpc) is 2.33. The summed E-state index contributed by atoms with van der Waals surface area (Å²) >= 11 is 0. The Hall–Kier alpha value is -0.120. The van der Waals surface area contributed by atoms with Gasteiger partial charge in [0.05, 0.1) is 6.10 Å². The van der Waals surface area contributed by atoms with Crippen LogP contribution in [0.5, 0.6) is 0 Å². The minimum atomic E-state index is 0.460. The molecule has 1 rings (SSSR count). The molecule has 2 atom stereocenters. The third-order valence-corrected chi connectivity index (χ3v) is 3.62. The standard InChI is InChI=1S/C14H30N2O/c1-5-9-17-13-7-6-8-16(11-13)14(10-15-4)12(2)3/h12-15H,5-11H2,1-4H3. The Balaban J connectivity index is 2.45. The van der Waals surface area contributed by atoms with E-state index in [1.807, 2.05) is 7.05 Å². The number of piperidine rings is 1. The molecule has 0 saturated carbocycles. The highest BCUT2D eigenvalue weighted by Crippen LogP contribution is 2.19. The van der Waals surface area contributed by atoms with Crippen molar-refractivity contribution in [3.05, 3.63) is 0 Å². The first-order valence-electron chi connectivity index (χ1n) is 7.19. The van der Waals surface area contributed by atoms with Crippen molar-refractivity contribution in [2.24, 2.45) is 5.92 Å². The van der Waals surface area contributed by atoms with Gasteiger partial charge in [0.15, 0.2) is 0 Å². The van der Waals surface area contributed by atoms with E-state index in [2.05, 4.69) is 31.0 Å². The molecule has 17 heavy (non-hydrogen) atoms. The third-order valence-electron chi connectivity index (χ3n) is 3.62. The molecule has 102 valence electrons. The SMILES string of the molecule is CCCOC1CCCN(C(CNC)C(C)C)C1. The minimum absolute atomic E-state index is 0.460. The maximum absolute atomic E-state index is 5.91. The molecule has 0 aromatic rings. The van der Waals surface area contributed by atoms with Crippen molar-refractivity contribution >= 4 is 0 Å². The molecule has 1 heterocycles. The van der Waals surface area contributed by atoms with E-state index in [-0.39, 0.29) is 0 Å². The zero-order valence-electron chi connectivity index (χ0n) is 12.0. The summed E-state index contributed by atoms with van der Waals surface area (Å²) in [5.74, 6) is 0.701. The van der Waals surface area contributed by atoms with E-state index in [1.54, 1.807) is 0 Å². The zero-order valence-corrected chi connectivity index (χ0v) is 12.0. The predicted octanol–water partition coefficient (Wildman–Crippen LogP) is 2.12. The van der Waals surface area contributed by atoms with Crippen LogP contribution in [0.3, 0.4) is 0 Å². The van der Waals surface area contributed by atoms with E-state index in [4.69, 9.17) is 4.74 Å². The Labute approximate surface area is 107 Å². The minimum Gasteiger partial charge on any atom is -0.377 e. The van der Waals surface area contributed by atoms with Crippen LogP contribution in [0.4, 0.5) is 0 Å². The highest BCUT2D eigenvalue weighted by Gasteiger charge is 2.27. The fourth-order valence-corrected chi connectivity index (χ4v) is 2.68. The average molecular weight is 242 g/mol. The number of ether oxygens (including phenoxy) is 1. The summed E-state index contributed by atoms with van der Waals surface area (Å²) in [6.45, 7) is 11.2. The molecule has 1 saturated heterocycles. The van der Waals surface area contributed by atoms with E-state index >= 15 is 0 Å². The van der Waals surface area contributed by atoms with Gasteiger partial charge in [0.25, 0.3) is 0 Å². The third kappa shape index (κ3) is 4.94. The molecule has 0 spiro atoms. The molecule has 1 aliphatic heterocycles. The van der Waals surface area contributed by atoms with E-state index < -0.39 is 0 Å². The van der Waals surface area contributed by atoms with E-state index in [9.17, 15) is 0 Å². The van der Waals surface area contributed by atoms with Crippen molar-refractivity contribution in [2.75, 3.05) is 33.3 Å². The molecule has 1 fully saturated rings. The molecular formula is C14H30N2O. The molecular weight excluding hydrogens is 212 g/mol. The van der Waals surface area contributed by atoms with E-state index in [1.165, 1.54) is 19.4 Å². The van der Waals surface area contributed by atoms with Crippen molar-refractivity contribution in [3.8, 4) is 0 Å². The maximum atomic E-state index is 5.91. The van der Waals surface area contributed by atoms with Crippen LogP contribution in [0.1, 0.15) is 40.0 Å². The Bertz CT molecular complexity index is 197. The Kier molecular flexibility index (Phi) is 7.09. The molecule has 0 amide bonds. The Morgan fingerprint density at radius 1 is 1.41 bits per heavy atom. The molecule has 0 aromatic carbocycles. The van der Waals surface area contributed by atoms with Gasteiger partial charge in [0.2, 0.25) is 0 Å². The topological polar surface area (TPSA) is 24.5 Å². The number of nitrogens with zero attached hydrogens (tertiary/aromatic N) is 1. The van der Waals surface area contributed by atoms with Crippen LogP contribution in [0, 0.1) is 5.92 Å². The number of nitrogens with one attached hydrogen (secondary N) is 1. The fourth-order valence-electron chi connectivity index (χ4n) is 2.68. The first kappa shape index (κ1) is 14.9. The first-order chi connectivity index (χ1) is 8.19. The molecule has 0 bridgehead atoms. The second-order valence-electron chi connectivity index (χ2n) is 5.50. The lowest BCUT2D eigenvalue weighted by molar-refractivity contribution is -0.0182. The predicted molar refractivity (Wildman–Crippen MR) is 73.4 cm³/mol. The Morgan fingerprint density at radius 2 is 2.18 bits per heavy atom. The summed E-state index contributed by atoms with van der Waals surface area (Å²) in [5, 5.41) is 3.32. The van der Waals surface area contributed by atoms with Gasteiger partial charge in [-0.2, -0.15) is 0 Å². The van der Waals surface area contributed by atoms with Gasteiger partial charge in [0, 0.05) is 25.7 Å². The Morgan fingerprint density at radius 3 is 2.76 bits per heavy atom. The van der Waals surface area contributed by atoms with Crippen molar-refractivity contribution in [1.82, 2.24) is 10.2 Å². The quantitative estimate of drug-likeness (QED) is 0.740. The van der Waals surface area contributed by atoms with Gasteiger partial charge in [-0.15, -0.1) is 0 Å². The summed E-state index contributed by atoms with van der Waals surface area (Å²) in [6.07, 6.45) is 4.10. The molecule has 1 aliphatic rings. The molecule has 3 nitrogen and oxygen atoms in total. The maximum Gasteiger partial charge on any atom is 0.0702 e. The monoisotopic (exact) mass is 242 g/mol. The highest BCUT2D eigenvalue weighted by atomic mass is 16.5. The second-order valence-corrected chi connectivity index (χ2v) is 5.50. The van der Waals surface area contributed by atoms with Crippen LogP contribution in [0.25, 0.3) is 0 Å². The normalized spacial score (nSPS) is 24.2. The summed E-state index contributed by atoms with van der Waals surface area (Å²) in [6, 6.07) is 0.646. The number of likely N-dealkylation sites (N-methyl/N-ethyl adjacent to an activating group) is 1. The molecule has 3 heteroatoms. The first-order valence-corrected chi connectivity index (χ1v) is 7.19. The molecule has 1 N–H and O–H groups in total. The molecule has 2 unspecified atom stereocenters. The van der Waals surface area contributed by atoms with Crippen LogP contribution >= 0.6 is 0 Å². The van der Waals surface area contributed by atoms with Crippen molar-refractivity contribution in [1.29, 1.82) is 0 Å². The smallest absolute Gasteiger partial charge is 0.0702 e. The number of likely N-dealkylation sites (tertiary alicyclic amines) is 1. The van der Waals surface area contributed by atoms with Crippen LogP contribution in [0.15, 0.2) is 0 Å². The molecule has 0 radical (unpaired) electrons. The van der Waals surface area contributed by atoms with Crippen LogP contribution in [-0.2, 0) is 4.74 Å². The summed E-state index contributed by atoms with van der Waals surface area (Å²) < 4.78 is 5.91. The van der Waals surface area contributed by atoms with Crippen molar-refractivity contribution in [2.45, 2.75) is 52.2 Å². The van der Waals surface area contributed by atoms with Crippen LogP contribution < -0.4 is 5.32 Å². The molecule has 0 aromatic heterocycles. The van der Waals surface area contributed by atoms with Crippen LogP contribution in [0.2, 0.25) is 0 Å². The highest BCUT2D eigenvalue weighted by molar-refractivity contribution is 4.82. The number of hydrogen-bond acceptors (Lipinski definition) is 3. The fraction of sp³-hybridized carbons (Fsp3) is 1.00. The summed E-state index contributed by atoms with van der Waals surface area (Å²) in [4.78, 5) is 2.62. The number of rotatable bonds is 7. The molecule has 0 aliphatic carbocycles. The lowest BCUT2D eigenvalue weighted by atomic mass is 9.98. The van der Waals surface area contributed by atoms with Gasteiger partial charge < -0.3 is 10.1 Å². The lowest BCUT2D eigenvalue weighted by Crippen LogP contribution is -2.51. The van der Waals surface area contributed by atoms with Gasteiger partial charge >= 0.3 is 0 Å². The van der Waals surface area contributed by atoms with E-state index in [0.29, 0.717) is 18.1 Å². The van der Waals surface area contributed by atoms with Gasteiger partial charge in [-0.25, -0.2) is 0 Å². The van der Waals surface area contributed by atoms with Gasteiger partial charge in [-0.1, -0.05) is 20.8 Å². The number of hydrogen-bond donors (Lipinski definition) is 1. The lowest BCUT2D eigenvalue weighted by Gasteiger charge is -2.40. The summed E-state index contributed by atoms with van der Waals surface area (Å²) in [5.41, 5.74) is 0.